The number of amides is 1. The monoisotopic (exact) mass is 372 g/mol. The fourth-order valence-corrected chi connectivity index (χ4v) is 4.38. The first-order valence-electron chi connectivity index (χ1n) is 8.78. The zero-order valence-electron chi connectivity index (χ0n) is 15.4. The first kappa shape index (κ1) is 18.5. The minimum absolute atomic E-state index is 0.0939. The molecule has 138 valence electrons. The van der Waals surface area contributed by atoms with Crippen LogP contribution in [0.2, 0.25) is 0 Å². The summed E-state index contributed by atoms with van der Waals surface area (Å²) in [7, 11) is -3.77. The van der Waals surface area contributed by atoms with Crippen LogP contribution >= 0.6 is 0 Å². The second kappa shape index (κ2) is 7.11. The van der Waals surface area contributed by atoms with Crippen molar-refractivity contribution in [2.24, 2.45) is 0 Å². The highest BCUT2D eigenvalue weighted by Gasteiger charge is 2.23. The number of hydrogen-bond donors (Lipinski definition) is 1. The summed E-state index contributed by atoms with van der Waals surface area (Å²) in [6.07, 6.45) is 1.99. The third-order valence-corrected chi connectivity index (χ3v) is 6.13. The maximum Gasteiger partial charge on any atom is 0.261 e. The quantitative estimate of drug-likeness (QED) is 0.891. The van der Waals surface area contributed by atoms with E-state index in [2.05, 4.69) is 4.72 Å². The minimum Gasteiger partial charge on any atom is -0.339 e. The molecule has 1 heterocycles. The van der Waals surface area contributed by atoms with Gasteiger partial charge in [0.05, 0.1) is 10.6 Å². The van der Waals surface area contributed by atoms with Gasteiger partial charge in [-0.2, -0.15) is 0 Å². The molecule has 1 fully saturated rings. The third-order valence-electron chi connectivity index (χ3n) is 4.77. The molecule has 1 saturated heterocycles. The largest absolute Gasteiger partial charge is 0.339 e. The lowest BCUT2D eigenvalue weighted by Crippen LogP contribution is -2.28. The zero-order chi connectivity index (χ0) is 18.9. The van der Waals surface area contributed by atoms with Crippen molar-refractivity contribution in [1.82, 2.24) is 4.90 Å². The summed E-state index contributed by atoms with van der Waals surface area (Å²) in [5.74, 6) is -0.0939. The van der Waals surface area contributed by atoms with Crippen molar-refractivity contribution in [2.45, 2.75) is 38.5 Å². The number of nitrogens with zero attached hydrogens (tertiary/aromatic N) is 1. The predicted octanol–water partition coefficient (Wildman–Crippen LogP) is 3.65. The Hall–Kier alpha value is -2.34. The number of benzene rings is 2. The van der Waals surface area contributed by atoms with Gasteiger partial charge in [-0.25, -0.2) is 8.42 Å². The van der Waals surface area contributed by atoms with Crippen LogP contribution < -0.4 is 4.72 Å². The molecule has 0 saturated carbocycles. The first-order valence-corrected chi connectivity index (χ1v) is 10.3. The van der Waals surface area contributed by atoms with E-state index in [4.69, 9.17) is 0 Å². The molecule has 3 rings (SSSR count). The van der Waals surface area contributed by atoms with Gasteiger partial charge in [0.25, 0.3) is 15.9 Å². The highest BCUT2D eigenvalue weighted by atomic mass is 32.2. The maximum atomic E-state index is 12.8. The second-order valence-corrected chi connectivity index (χ2v) is 8.58. The number of rotatable bonds is 4. The molecular formula is C20H24N2O3S. The molecule has 26 heavy (non-hydrogen) atoms. The van der Waals surface area contributed by atoms with Crippen molar-refractivity contribution >= 4 is 21.6 Å². The Morgan fingerprint density at radius 2 is 1.65 bits per heavy atom. The predicted molar refractivity (Wildman–Crippen MR) is 103 cm³/mol. The topological polar surface area (TPSA) is 66.5 Å². The first-order chi connectivity index (χ1) is 12.3. The summed E-state index contributed by atoms with van der Waals surface area (Å²) in [5.41, 5.74) is 3.71. The van der Waals surface area contributed by atoms with E-state index in [1.165, 1.54) is 6.07 Å². The van der Waals surface area contributed by atoms with Crippen LogP contribution in [0.4, 0.5) is 5.69 Å². The van der Waals surface area contributed by atoms with Crippen molar-refractivity contribution in [2.75, 3.05) is 17.8 Å². The molecule has 0 unspecified atom stereocenters. The van der Waals surface area contributed by atoms with Crippen LogP contribution in [0.25, 0.3) is 0 Å². The van der Waals surface area contributed by atoms with E-state index in [0.717, 1.165) is 42.6 Å². The molecule has 6 heteroatoms. The molecule has 0 spiro atoms. The van der Waals surface area contributed by atoms with E-state index in [1.807, 2.05) is 32.9 Å². The van der Waals surface area contributed by atoms with Crippen LogP contribution in [-0.4, -0.2) is 32.3 Å². The van der Waals surface area contributed by atoms with Gasteiger partial charge in [0.1, 0.15) is 0 Å². The molecule has 1 aliphatic rings. The summed E-state index contributed by atoms with van der Waals surface area (Å²) in [6, 6.07) is 10.3. The number of nitrogens with one attached hydrogen (secondary N) is 1. The van der Waals surface area contributed by atoms with Gasteiger partial charge in [0.2, 0.25) is 0 Å². The van der Waals surface area contributed by atoms with Crippen molar-refractivity contribution in [3.05, 3.63) is 58.7 Å². The molecule has 0 atom stereocenters. The van der Waals surface area contributed by atoms with Gasteiger partial charge in [-0.05, 0) is 62.9 Å². The van der Waals surface area contributed by atoms with Gasteiger partial charge >= 0.3 is 0 Å². The molecule has 1 aliphatic heterocycles. The standard InChI is InChI=1S/C20H24N2O3S/c1-14-6-9-19(16(3)12-14)21-26(24,25)17-8-7-15(2)18(13-17)20(23)22-10-4-5-11-22/h6-9,12-13,21H,4-5,10-11H2,1-3H3. The molecule has 1 N–H and O–H groups in total. The zero-order valence-corrected chi connectivity index (χ0v) is 16.2. The molecule has 0 aromatic heterocycles. The molecule has 5 nitrogen and oxygen atoms in total. The molecule has 0 bridgehead atoms. The Morgan fingerprint density at radius 1 is 0.962 bits per heavy atom. The fourth-order valence-electron chi connectivity index (χ4n) is 3.22. The lowest BCUT2D eigenvalue weighted by Gasteiger charge is -2.18. The van der Waals surface area contributed by atoms with E-state index in [9.17, 15) is 13.2 Å². The van der Waals surface area contributed by atoms with Crippen LogP contribution in [0, 0.1) is 20.8 Å². The maximum absolute atomic E-state index is 12.8. The van der Waals surface area contributed by atoms with E-state index in [-0.39, 0.29) is 10.8 Å². The van der Waals surface area contributed by atoms with E-state index in [0.29, 0.717) is 11.3 Å². The van der Waals surface area contributed by atoms with Crippen LogP contribution in [0.3, 0.4) is 0 Å². The summed E-state index contributed by atoms with van der Waals surface area (Å²) < 4.78 is 28.3. The molecule has 2 aromatic carbocycles. The summed E-state index contributed by atoms with van der Waals surface area (Å²) in [6.45, 7) is 7.12. The van der Waals surface area contributed by atoms with Crippen molar-refractivity contribution in [3.63, 3.8) is 0 Å². The van der Waals surface area contributed by atoms with Crippen LogP contribution in [0.1, 0.15) is 39.9 Å². The van der Waals surface area contributed by atoms with E-state index >= 15 is 0 Å². The Labute approximate surface area is 155 Å². The summed E-state index contributed by atoms with van der Waals surface area (Å²) >= 11 is 0. The number of likely N-dealkylation sites (tertiary alicyclic amines) is 1. The number of carbonyl (C=O) groups is 1. The Bertz CT molecular complexity index is 946. The number of anilines is 1. The molecule has 0 aliphatic carbocycles. The van der Waals surface area contributed by atoms with Gasteiger partial charge in [-0.3, -0.25) is 9.52 Å². The lowest BCUT2D eigenvalue weighted by molar-refractivity contribution is 0.0792. The Balaban J connectivity index is 1.92. The number of sulfonamides is 1. The van der Waals surface area contributed by atoms with Crippen LogP contribution in [0.15, 0.2) is 41.3 Å². The number of hydrogen-bond acceptors (Lipinski definition) is 3. The summed E-state index contributed by atoms with van der Waals surface area (Å²) in [4.78, 5) is 14.6. The van der Waals surface area contributed by atoms with Gasteiger partial charge in [0.15, 0.2) is 0 Å². The van der Waals surface area contributed by atoms with Crippen molar-refractivity contribution in [1.29, 1.82) is 0 Å². The van der Waals surface area contributed by atoms with Crippen molar-refractivity contribution in [3.8, 4) is 0 Å². The van der Waals surface area contributed by atoms with Gasteiger partial charge in [-0.15, -0.1) is 0 Å². The SMILES string of the molecule is Cc1ccc(NS(=O)(=O)c2ccc(C)c(C(=O)N3CCCC3)c2)c(C)c1. The molecule has 0 radical (unpaired) electrons. The lowest BCUT2D eigenvalue weighted by atomic mass is 10.1. The number of aryl methyl sites for hydroxylation is 3. The second-order valence-electron chi connectivity index (χ2n) is 6.90. The van der Waals surface area contributed by atoms with Gasteiger partial charge in [-0.1, -0.05) is 23.8 Å². The molecule has 2 aromatic rings. The van der Waals surface area contributed by atoms with Crippen molar-refractivity contribution < 1.29 is 13.2 Å². The summed E-state index contributed by atoms with van der Waals surface area (Å²) in [5, 5.41) is 0. The Morgan fingerprint density at radius 3 is 2.31 bits per heavy atom. The highest BCUT2D eigenvalue weighted by molar-refractivity contribution is 7.92. The van der Waals surface area contributed by atoms with Crippen LogP contribution in [-0.2, 0) is 10.0 Å². The Kier molecular flexibility index (Phi) is 5.05. The molecular weight excluding hydrogens is 348 g/mol. The van der Waals surface area contributed by atoms with Crippen LogP contribution in [0.5, 0.6) is 0 Å². The average molecular weight is 372 g/mol. The fraction of sp³-hybridized carbons (Fsp3) is 0.350. The van der Waals surface area contributed by atoms with E-state index < -0.39 is 10.0 Å². The third kappa shape index (κ3) is 3.75. The smallest absolute Gasteiger partial charge is 0.261 e. The molecule has 1 amide bonds. The normalized spacial score (nSPS) is 14.5. The minimum atomic E-state index is -3.77. The average Bonchev–Trinajstić information content (AvgIpc) is 3.11. The number of carbonyl (C=O) groups excluding carboxylic acids is 1. The highest BCUT2D eigenvalue weighted by Crippen LogP contribution is 2.23. The van der Waals surface area contributed by atoms with Gasteiger partial charge in [0, 0.05) is 18.7 Å². The van der Waals surface area contributed by atoms with Gasteiger partial charge < -0.3 is 4.90 Å². The van der Waals surface area contributed by atoms with E-state index in [1.54, 1.807) is 23.1 Å².